The van der Waals surface area contributed by atoms with Gasteiger partial charge in [0.2, 0.25) is 5.91 Å². The number of anilines is 1. The van der Waals surface area contributed by atoms with Crippen LogP contribution < -0.4 is 14.4 Å². The monoisotopic (exact) mass is 568 g/mol. The maximum absolute atomic E-state index is 13.2. The van der Waals surface area contributed by atoms with E-state index >= 15 is 0 Å². The van der Waals surface area contributed by atoms with E-state index in [0.717, 1.165) is 73.2 Å². The zero-order valence-corrected chi connectivity index (χ0v) is 22.4. The van der Waals surface area contributed by atoms with Gasteiger partial charge < -0.3 is 24.3 Å². The number of piperazine rings is 1. The van der Waals surface area contributed by atoms with Gasteiger partial charge in [0, 0.05) is 74.0 Å². The lowest BCUT2D eigenvalue weighted by Gasteiger charge is -2.38. The largest absolute Gasteiger partial charge is 0.573 e. The number of halogens is 3. The minimum Gasteiger partial charge on any atom is -0.493 e. The molecule has 1 aromatic carbocycles. The van der Waals surface area contributed by atoms with E-state index in [2.05, 4.69) is 35.6 Å². The molecule has 9 nitrogen and oxygen atoms in total. The highest BCUT2D eigenvalue weighted by atomic mass is 19.4. The van der Waals surface area contributed by atoms with E-state index in [4.69, 9.17) is 4.74 Å². The van der Waals surface area contributed by atoms with E-state index in [1.54, 1.807) is 6.20 Å². The third-order valence-electron chi connectivity index (χ3n) is 7.76. The van der Waals surface area contributed by atoms with Crippen molar-refractivity contribution in [2.75, 3.05) is 57.3 Å². The van der Waals surface area contributed by atoms with Gasteiger partial charge in [-0.3, -0.25) is 14.7 Å². The lowest BCUT2D eigenvalue weighted by atomic mass is 9.99. The second kappa shape index (κ2) is 11.4. The standard InChI is InChI=1S/C29H31F3N6O3/c30-29(31,32)41-22-5-3-21(4-6-22)40-19-20-2-1-11-38(17-20)26(39)18-36-12-14-37(15-13-36)25-8-10-33-24-16-35-28-23(27(24)25)7-9-34-28/h3-10,16,20H,1-2,11-15,17-19H2,(H,34,35). The van der Waals surface area contributed by atoms with Gasteiger partial charge in [0.05, 0.1) is 24.9 Å². The van der Waals surface area contributed by atoms with Gasteiger partial charge in [-0.25, -0.2) is 4.98 Å². The Bertz CT molecular complexity index is 1500. The molecular formula is C29H31F3N6O3. The Kier molecular flexibility index (Phi) is 7.57. The zero-order valence-electron chi connectivity index (χ0n) is 22.4. The van der Waals surface area contributed by atoms with Crippen LogP contribution in [0.3, 0.4) is 0 Å². The first-order valence-electron chi connectivity index (χ1n) is 13.8. The average Bonchev–Trinajstić information content (AvgIpc) is 3.46. The summed E-state index contributed by atoms with van der Waals surface area (Å²) < 4.78 is 46.8. The Hall–Kier alpha value is -4.06. The first-order chi connectivity index (χ1) is 19.8. The summed E-state index contributed by atoms with van der Waals surface area (Å²) in [5, 5.41) is 2.15. The fraction of sp³-hybridized carbons (Fsp3) is 0.414. The lowest BCUT2D eigenvalue weighted by molar-refractivity contribution is -0.274. The van der Waals surface area contributed by atoms with E-state index in [9.17, 15) is 18.0 Å². The van der Waals surface area contributed by atoms with E-state index in [0.29, 0.717) is 25.4 Å². The molecule has 1 atom stereocenters. The van der Waals surface area contributed by atoms with Crippen molar-refractivity contribution in [3.05, 3.63) is 55.0 Å². The Balaban J connectivity index is 0.996. The molecule has 2 aliphatic rings. The molecule has 1 amide bonds. The molecule has 1 N–H and O–H groups in total. The van der Waals surface area contributed by atoms with Crippen molar-refractivity contribution in [2.45, 2.75) is 19.2 Å². The number of alkyl halides is 3. The maximum atomic E-state index is 13.2. The van der Waals surface area contributed by atoms with E-state index < -0.39 is 6.36 Å². The van der Waals surface area contributed by atoms with E-state index in [1.165, 1.54) is 24.3 Å². The Morgan fingerprint density at radius 3 is 2.56 bits per heavy atom. The van der Waals surface area contributed by atoms with Gasteiger partial charge in [0.25, 0.3) is 0 Å². The van der Waals surface area contributed by atoms with Crippen LogP contribution in [-0.4, -0.2) is 89.4 Å². The first kappa shape index (κ1) is 27.1. The molecule has 2 aliphatic heterocycles. The van der Waals surface area contributed by atoms with Crippen LogP contribution in [0, 0.1) is 5.92 Å². The predicted molar refractivity (Wildman–Crippen MR) is 148 cm³/mol. The van der Waals surface area contributed by atoms with Gasteiger partial charge in [0.15, 0.2) is 0 Å². The number of benzene rings is 1. The molecule has 6 rings (SSSR count). The molecule has 0 aliphatic carbocycles. The number of H-pyrrole nitrogens is 1. The Labute approximate surface area is 234 Å². The number of carbonyl (C=O) groups excluding carboxylic acids is 1. The summed E-state index contributed by atoms with van der Waals surface area (Å²) in [5.74, 6) is 0.461. The van der Waals surface area contributed by atoms with Crippen LogP contribution in [0.1, 0.15) is 12.8 Å². The number of amides is 1. The van der Waals surface area contributed by atoms with Crippen molar-refractivity contribution in [1.82, 2.24) is 24.8 Å². The number of nitrogens with zero attached hydrogens (tertiary/aromatic N) is 5. The third kappa shape index (κ3) is 6.32. The minimum absolute atomic E-state index is 0.117. The number of pyridine rings is 2. The Morgan fingerprint density at radius 2 is 1.78 bits per heavy atom. The van der Waals surface area contributed by atoms with Crippen molar-refractivity contribution < 1.29 is 27.4 Å². The molecule has 0 spiro atoms. The molecule has 12 heteroatoms. The molecule has 1 unspecified atom stereocenters. The van der Waals surface area contributed by atoms with Crippen molar-refractivity contribution in [3.8, 4) is 11.5 Å². The number of aromatic amines is 1. The summed E-state index contributed by atoms with van der Waals surface area (Å²) in [7, 11) is 0. The van der Waals surface area contributed by atoms with E-state index in [-0.39, 0.29) is 17.6 Å². The van der Waals surface area contributed by atoms with Crippen LogP contribution in [0.25, 0.3) is 21.9 Å². The first-order valence-corrected chi connectivity index (χ1v) is 13.8. The highest BCUT2D eigenvalue weighted by molar-refractivity contribution is 6.10. The highest BCUT2D eigenvalue weighted by Crippen LogP contribution is 2.32. The molecule has 0 radical (unpaired) electrons. The number of hydrogen-bond acceptors (Lipinski definition) is 7. The molecule has 2 fully saturated rings. The van der Waals surface area contributed by atoms with Gasteiger partial charge in [-0.2, -0.15) is 0 Å². The van der Waals surface area contributed by atoms with Gasteiger partial charge in [-0.1, -0.05) is 0 Å². The van der Waals surface area contributed by atoms with Crippen LogP contribution in [-0.2, 0) is 4.79 Å². The molecule has 0 saturated carbocycles. The highest BCUT2D eigenvalue weighted by Gasteiger charge is 2.31. The SMILES string of the molecule is O=C(CN1CCN(c2ccnc3cnc4[nH]ccc4c23)CC1)N1CCCC(COc2ccc(OC(F)(F)F)cc2)C1. The van der Waals surface area contributed by atoms with Crippen molar-refractivity contribution in [1.29, 1.82) is 0 Å². The van der Waals surface area contributed by atoms with Crippen LogP contribution in [0.5, 0.6) is 11.5 Å². The van der Waals surface area contributed by atoms with Crippen LogP contribution in [0.2, 0.25) is 0 Å². The van der Waals surface area contributed by atoms with Gasteiger partial charge in [0.1, 0.15) is 17.1 Å². The summed E-state index contributed by atoms with van der Waals surface area (Å²) in [6, 6.07) is 9.46. The molecule has 5 heterocycles. The van der Waals surface area contributed by atoms with Crippen molar-refractivity contribution in [3.63, 3.8) is 0 Å². The van der Waals surface area contributed by atoms with Gasteiger partial charge in [-0.05, 0) is 49.2 Å². The number of hydrogen-bond donors (Lipinski definition) is 1. The fourth-order valence-corrected chi connectivity index (χ4v) is 5.72. The summed E-state index contributed by atoms with van der Waals surface area (Å²) in [5.41, 5.74) is 2.84. The second-order valence-corrected chi connectivity index (χ2v) is 10.5. The molecule has 4 aromatic rings. The summed E-state index contributed by atoms with van der Waals surface area (Å²) >= 11 is 0. The number of rotatable bonds is 7. The number of nitrogens with one attached hydrogen (secondary N) is 1. The van der Waals surface area contributed by atoms with Gasteiger partial charge >= 0.3 is 6.36 Å². The molecular weight excluding hydrogens is 537 g/mol. The number of carbonyl (C=O) groups is 1. The smallest absolute Gasteiger partial charge is 0.493 e. The lowest BCUT2D eigenvalue weighted by Crippen LogP contribution is -2.51. The Morgan fingerprint density at radius 1 is 1.00 bits per heavy atom. The molecule has 41 heavy (non-hydrogen) atoms. The normalized spacial score (nSPS) is 18.7. The molecule has 2 saturated heterocycles. The summed E-state index contributed by atoms with van der Waals surface area (Å²) in [6.07, 6.45) is 2.61. The molecule has 0 bridgehead atoms. The number of piperidine rings is 1. The van der Waals surface area contributed by atoms with Gasteiger partial charge in [-0.15, -0.1) is 13.2 Å². The number of likely N-dealkylation sites (tertiary alicyclic amines) is 1. The third-order valence-corrected chi connectivity index (χ3v) is 7.76. The molecule has 3 aromatic heterocycles. The topological polar surface area (TPSA) is 86.8 Å². The second-order valence-electron chi connectivity index (χ2n) is 10.5. The predicted octanol–water partition coefficient (Wildman–Crippen LogP) is 4.45. The zero-order chi connectivity index (χ0) is 28.4. The number of aromatic nitrogens is 3. The average molecular weight is 569 g/mol. The maximum Gasteiger partial charge on any atom is 0.573 e. The van der Waals surface area contributed by atoms with Crippen LogP contribution in [0.15, 0.2) is 55.0 Å². The number of ether oxygens (including phenoxy) is 2. The van der Waals surface area contributed by atoms with Crippen LogP contribution >= 0.6 is 0 Å². The molecule has 216 valence electrons. The number of fused-ring (bicyclic) bond motifs is 3. The fourth-order valence-electron chi connectivity index (χ4n) is 5.72. The van der Waals surface area contributed by atoms with Crippen molar-refractivity contribution in [2.24, 2.45) is 5.92 Å². The van der Waals surface area contributed by atoms with Crippen molar-refractivity contribution >= 4 is 33.5 Å². The van der Waals surface area contributed by atoms with Crippen LogP contribution in [0.4, 0.5) is 18.9 Å². The quantitative estimate of drug-likeness (QED) is 0.353. The summed E-state index contributed by atoms with van der Waals surface area (Å²) in [6.45, 7) is 5.29. The van der Waals surface area contributed by atoms with E-state index in [1.807, 2.05) is 23.4 Å². The minimum atomic E-state index is -4.73. The summed E-state index contributed by atoms with van der Waals surface area (Å²) in [4.78, 5) is 31.8.